The number of hydrogen-bond acceptors (Lipinski definition) is 2. The first kappa shape index (κ1) is 16.8. The highest BCUT2D eigenvalue weighted by Gasteiger charge is 2.14. The van der Waals surface area contributed by atoms with Gasteiger partial charge in [-0.3, -0.25) is 4.79 Å². The molecule has 1 amide bonds. The van der Waals surface area contributed by atoms with E-state index in [1.54, 1.807) is 0 Å². The minimum Gasteiger partial charge on any atom is -0.352 e. The van der Waals surface area contributed by atoms with Gasteiger partial charge in [0.05, 0.1) is 0 Å². The average Bonchev–Trinajstić information content (AvgIpc) is 2.83. The molecule has 0 spiro atoms. The van der Waals surface area contributed by atoms with Crippen molar-refractivity contribution in [1.29, 1.82) is 0 Å². The van der Waals surface area contributed by atoms with Crippen LogP contribution < -0.4 is 10.6 Å². The summed E-state index contributed by atoms with van der Waals surface area (Å²) >= 11 is 0. The Hall–Kier alpha value is -1.29. The van der Waals surface area contributed by atoms with E-state index in [4.69, 9.17) is 0 Å². The van der Waals surface area contributed by atoms with Crippen LogP contribution in [-0.4, -0.2) is 23.1 Å². The number of aromatic nitrogens is 1. The van der Waals surface area contributed by atoms with E-state index in [0.717, 1.165) is 18.7 Å². The molecule has 4 heteroatoms. The molecule has 2 N–H and O–H groups in total. The van der Waals surface area contributed by atoms with Crippen molar-refractivity contribution in [3.05, 3.63) is 24.0 Å². The Balaban J connectivity index is 2.60. The van der Waals surface area contributed by atoms with Crippen molar-refractivity contribution in [2.24, 2.45) is 5.92 Å². The molecule has 0 aliphatic heterocycles. The van der Waals surface area contributed by atoms with Crippen LogP contribution in [0.2, 0.25) is 0 Å². The van der Waals surface area contributed by atoms with Crippen LogP contribution in [0, 0.1) is 5.92 Å². The van der Waals surface area contributed by atoms with E-state index in [1.807, 2.05) is 23.8 Å². The second kappa shape index (κ2) is 8.10. The van der Waals surface area contributed by atoms with Crippen molar-refractivity contribution in [2.75, 3.05) is 6.54 Å². The van der Waals surface area contributed by atoms with E-state index < -0.39 is 0 Å². The normalized spacial score (nSPS) is 14.3. The van der Waals surface area contributed by atoms with Crippen LogP contribution in [0.25, 0.3) is 0 Å². The molecule has 0 radical (unpaired) electrons. The third-order valence-corrected chi connectivity index (χ3v) is 3.71. The van der Waals surface area contributed by atoms with E-state index in [2.05, 4.69) is 44.4 Å². The quantitative estimate of drug-likeness (QED) is 0.768. The van der Waals surface area contributed by atoms with Crippen LogP contribution in [0.3, 0.4) is 0 Å². The van der Waals surface area contributed by atoms with Crippen molar-refractivity contribution in [2.45, 2.75) is 59.7 Å². The number of nitrogens with one attached hydrogen (secondary N) is 2. The number of hydrogen-bond donors (Lipinski definition) is 2. The summed E-state index contributed by atoms with van der Waals surface area (Å²) in [4.78, 5) is 12.1. The second-order valence-corrected chi connectivity index (χ2v) is 5.84. The van der Waals surface area contributed by atoms with Gasteiger partial charge in [-0.1, -0.05) is 20.8 Å². The minimum atomic E-state index is 0.0753. The number of amides is 1. The van der Waals surface area contributed by atoms with Crippen molar-refractivity contribution >= 4 is 5.91 Å². The third kappa shape index (κ3) is 5.00. The van der Waals surface area contributed by atoms with Gasteiger partial charge in [0.2, 0.25) is 5.91 Å². The molecule has 0 aliphatic rings. The van der Waals surface area contributed by atoms with Gasteiger partial charge in [-0.2, -0.15) is 0 Å². The standard InChI is InChI=1S/C16H29N3O/c1-6-9-17-14(5)15-8-7-10-19(15)11-16(20)18-13(4)12(2)3/h7-8,10,12-14,17H,6,9,11H2,1-5H3,(H,18,20). The number of carbonyl (C=O) groups is 1. The maximum Gasteiger partial charge on any atom is 0.240 e. The zero-order valence-corrected chi connectivity index (χ0v) is 13.4. The Labute approximate surface area is 122 Å². The van der Waals surface area contributed by atoms with Gasteiger partial charge in [0.25, 0.3) is 0 Å². The van der Waals surface area contributed by atoms with Gasteiger partial charge in [-0.15, -0.1) is 0 Å². The van der Waals surface area contributed by atoms with E-state index in [0.29, 0.717) is 12.5 Å². The summed E-state index contributed by atoms with van der Waals surface area (Å²) in [5.74, 6) is 0.527. The fourth-order valence-corrected chi connectivity index (χ4v) is 2.05. The molecule has 4 nitrogen and oxygen atoms in total. The van der Waals surface area contributed by atoms with Gasteiger partial charge in [0.1, 0.15) is 6.54 Å². The van der Waals surface area contributed by atoms with Gasteiger partial charge < -0.3 is 15.2 Å². The average molecular weight is 279 g/mol. The number of carbonyl (C=O) groups excluding carboxylic acids is 1. The first-order valence-corrected chi connectivity index (χ1v) is 7.63. The van der Waals surface area contributed by atoms with E-state index in [9.17, 15) is 4.79 Å². The molecule has 20 heavy (non-hydrogen) atoms. The molecule has 1 aromatic heterocycles. The molecule has 1 heterocycles. The molecule has 0 aromatic carbocycles. The van der Waals surface area contributed by atoms with Gasteiger partial charge in [0, 0.05) is 24.0 Å². The van der Waals surface area contributed by atoms with Crippen molar-refractivity contribution in [3.63, 3.8) is 0 Å². The highest BCUT2D eigenvalue weighted by molar-refractivity contribution is 5.76. The van der Waals surface area contributed by atoms with Gasteiger partial charge >= 0.3 is 0 Å². The van der Waals surface area contributed by atoms with Crippen LogP contribution in [0.4, 0.5) is 0 Å². The number of rotatable bonds is 8. The van der Waals surface area contributed by atoms with Gasteiger partial charge in [-0.25, -0.2) is 0 Å². The van der Waals surface area contributed by atoms with Crippen molar-refractivity contribution in [1.82, 2.24) is 15.2 Å². The molecule has 2 unspecified atom stereocenters. The van der Waals surface area contributed by atoms with Crippen LogP contribution in [0.1, 0.15) is 52.8 Å². The molecule has 0 fully saturated rings. The third-order valence-electron chi connectivity index (χ3n) is 3.71. The molecule has 0 saturated heterocycles. The summed E-state index contributed by atoms with van der Waals surface area (Å²) in [6.45, 7) is 11.9. The topological polar surface area (TPSA) is 46.1 Å². The summed E-state index contributed by atoms with van der Waals surface area (Å²) in [6.07, 6.45) is 3.08. The van der Waals surface area contributed by atoms with E-state index >= 15 is 0 Å². The Kier molecular flexibility index (Phi) is 6.79. The lowest BCUT2D eigenvalue weighted by Gasteiger charge is -2.20. The molecule has 2 atom stereocenters. The zero-order chi connectivity index (χ0) is 15.1. The fourth-order valence-electron chi connectivity index (χ4n) is 2.05. The molecular formula is C16H29N3O. The first-order valence-electron chi connectivity index (χ1n) is 7.63. The van der Waals surface area contributed by atoms with Gasteiger partial charge in [0.15, 0.2) is 0 Å². The van der Waals surface area contributed by atoms with Gasteiger partial charge in [-0.05, 0) is 44.9 Å². The summed E-state index contributed by atoms with van der Waals surface area (Å²) < 4.78 is 2.02. The monoisotopic (exact) mass is 279 g/mol. The summed E-state index contributed by atoms with van der Waals surface area (Å²) in [5, 5.41) is 6.50. The predicted octanol–water partition coefficient (Wildman–Crippen LogP) is 2.71. The molecular weight excluding hydrogens is 250 g/mol. The smallest absolute Gasteiger partial charge is 0.240 e. The number of nitrogens with zero attached hydrogens (tertiary/aromatic N) is 1. The highest BCUT2D eigenvalue weighted by Crippen LogP contribution is 2.13. The maximum absolute atomic E-state index is 12.1. The van der Waals surface area contributed by atoms with Crippen LogP contribution >= 0.6 is 0 Å². The summed E-state index contributed by atoms with van der Waals surface area (Å²) in [6, 6.07) is 4.54. The molecule has 1 aromatic rings. The summed E-state index contributed by atoms with van der Waals surface area (Å²) in [5.41, 5.74) is 1.16. The highest BCUT2D eigenvalue weighted by atomic mass is 16.2. The Bertz CT molecular complexity index is 412. The first-order chi connectivity index (χ1) is 9.45. The maximum atomic E-state index is 12.1. The predicted molar refractivity (Wildman–Crippen MR) is 83.6 cm³/mol. The van der Waals surface area contributed by atoms with E-state index in [1.165, 1.54) is 0 Å². The van der Waals surface area contributed by atoms with Crippen LogP contribution in [0.15, 0.2) is 18.3 Å². The minimum absolute atomic E-state index is 0.0753. The van der Waals surface area contributed by atoms with Crippen LogP contribution in [0.5, 0.6) is 0 Å². The second-order valence-electron chi connectivity index (χ2n) is 5.84. The molecule has 1 rings (SSSR count). The van der Waals surface area contributed by atoms with Crippen molar-refractivity contribution in [3.8, 4) is 0 Å². The fraction of sp³-hybridized carbons (Fsp3) is 0.688. The lowest BCUT2D eigenvalue weighted by molar-refractivity contribution is -0.122. The molecule has 0 saturated carbocycles. The SMILES string of the molecule is CCCNC(C)c1cccn1CC(=O)NC(C)C(C)C. The largest absolute Gasteiger partial charge is 0.352 e. The molecule has 114 valence electrons. The lowest BCUT2D eigenvalue weighted by atomic mass is 10.1. The Morgan fingerprint density at radius 2 is 2.00 bits per heavy atom. The Morgan fingerprint density at radius 3 is 2.60 bits per heavy atom. The van der Waals surface area contributed by atoms with Crippen molar-refractivity contribution < 1.29 is 4.79 Å². The molecule has 0 bridgehead atoms. The van der Waals surface area contributed by atoms with E-state index in [-0.39, 0.29) is 18.0 Å². The molecule has 0 aliphatic carbocycles. The lowest BCUT2D eigenvalue weighted by Crippen LogP contribution is -2.38. The van der Waals surface area contributed by atoms with Crippen LogP contribution in [-0.2, 0) is 11.3 Å². The summed E-state index contributed by atoms with van der Waals surface area (Å²) in [7, 11) is 0. The zero-order valence-electron chi connectivity index (χ0n) is 13.4. The Morgan fingerprint density at radius 1 is 1.30 bits per heavy atom.